The van der Waals surface area contributed by atoms with E-state index in [0.717, 1.165) is 12.1 Å². The standard InChI is InChI=1S/C15H18F3NO3/c1-22-14(10-20)5-7-19(8-6-14)13(21)11-3-2-4-12(9-11)15(16,17)18/h2-4,9,20H,5-8,10H2,1H3. The molecule has 122 valence electrons. The van der Waals surface area contributed by atoms with Crippen molar-refractivity contribution in [1.82, 2.24) is 4.90 Å². The molecule has 1 aliphatic rings. The summed E-state index contributed by atoms with van der Waals surface area (Å²) in [4.78, 5) is 13.8. The van der Waals surface area contributed by atoms with Gasteiger partial charge in [0.25, 0.3) is 5.91 Å². The molecule has 1 saturated heterocycles. The van der Waals surface area contributed by atoms with Crippen LogP contribution in [0.1, 0.15) is 28.8 Å². The molecule has 0 radical (unpaired) electrons. The fourth-order valence-corrected chi connectivity index (χ4v) is 2.56. The lowest BCUT2D eigenvalue weighted by atomic mass is 9.91. The topological polar surface area (TPSA) is 49.8 Å². The summed E-state index contributed by atoms with van der Waals surface area (Å²) < 4.78 is 43.4. The molecular weight excluding hydrogens is 299 g/mol. The normalized spacial score (nSPS) is 18.3. The van der Waals surface area contributed by atoms with E-state index in [-0.39, 0.29) is 12.2 Å². The molecule has 0 spiro atoms. The third kappa shape index (κ3) is 3.41. The molecule has 0 unspecified atom stereocenters. The summed E-state index contributed by atoms with van der Waals surface area (Å²) in [6, 6.07) is 4.41. The number of halogens is 3. The highest BCUT2D eigenvalue weighted by atomic mass is 19.4. The number of alkyl halides is 3. The third-order valence-electron chi connectivity index (χ3n) is 4.12. The number of nitrogens with zero attached hydrogens (tertiary/aromatic N) is 1. The van der Waals surface area contributed by atoms with Gasteiger partial charge in [-0.05, 0) is 31.0 Å². The average Bonchev–Trinajstić information content (AvgIpc) is 2.53. The number of hydrogen-bond donors (Lipinski definition) is 1. The SMILES string of the molecule is COC1(CO)CCN(C(=O)c2cccc(C(F)(F)F)c2)CC1. The first-order chi connectivity index (χ1) is 10.3. The van der Waals surface area contributed by atoms with Gasteiger partial charge >= 0.3 is 6.18 Å². The second-order valence-electron chi connectivity index (χ2n) is 5.42. The molecule has 1 N–H and O–H groups in total. The second kappa shape index (κ2) is 6.26. The van der Waals surface area contributed by atoms with E-state index < -0.39 is 23.2 Å². The van der Waals surface area contributed by atoms with Gasteiger partial charge in [0.15, 0.2) is 0 Å². The third-order valence-corrected chi connectivity index (χ3v) is 4.12. The van der Waals surface area contributed by atoms with Crippen molar-refractivity contribution in [3.8, 4) is 0 Å². The van der Waals surface area contributed by atoms with Crippen LogP contribution in [0.4, 0.5) is 13.2 Å². The lowest BCUT2D eigenvalue weighted by molar-refractivity contribution is -0.137. The Hall–Kier alpha value is -1.60. The van der Waals surface area contributed by atoms with Crippen LogP contribution in [0.25, 0.3) is 0 Å². The maximum absolute atomic E-state index is 12.7. The van der Waals surface area contributed by atoms with Crippen LogP contribution in [0.2, 0.25) is 0 Å². The molecule has 0 aliphatic carbocycles. The number of carbonyl (C=O) groups excluding carboxylic acids is 1. The van der Waals surface area contributed by atoms with Crippen LogP contribution in [0.15, 0.2) is 24.3 Å². The molecule has 4 nitrogen and oxygen atoms in total. The predicted octanol–water partition coefficient (Wildman–Crippen LogP) is 2.32. The lowest BCUT2D eigenvalue weighted by Gasteiger charge is -2.39. The highest BCUT2D eigenvalue weighted by Gasteiger charge is 2.36. The Morgan fingerprint density at radius 1 is 1.36 bits per heavy atom. The fourth-order valence-electron chi connectivity index (χ4n) is 2.56. The van der Waals surface area contributed by atoms with Crippen LogP contribution < -0.4 is 0 Å². The zero-order valence-electron chi connectivity index (χ0n) is 12.2. The Morgan fingerprint density at radius 2 is 2.00 bits per heavy atom. The largest absolute Gasteiger partial charge is 0.416 e. The Bertz CT molecular complexity index is 531. The Labute approximate surface area is 126 Å². The van der Waals surface area contributed by atoms with E-state index in [9.17, 15) is 23.1 Å². The summed E-state index contributed by atoms with van der Waals surface area (Å²) in [6.45, 7) is 0.530. The minimum absolute atomic E-state index is 0.0174. The molecule has 2 rings (SSSR count). The number of aliphatic hydroxyl groups is 1. The number of rotatable bonds is 3. The van der Waals surface area contributed by atoms with Crippen molar-refractivity contribution < 1.29 is 27.8 Å². The molecule has 0 saturated carbocycles. The van der Waals surface area contributed by atoms with E-state index in [0.29, 0.717) is 25.9 Å². The van der Waals surface area contributed by atoms with Crippen LogP contribution >= 0.6 is 0 Å². The van der Waals surface area contributed by atoms with Gasteiger partial charge in [-0.25, -0.2) is 0 Å². The van der Waals surface area contributed by atoms with Crippen LogP contribution in [0.3, 0.4) is 0 Å². The summed E-state index contributed by atoms with van der Waals surface area (Å²) in [7, 11) is 1.50. The molecule has 1 fully saturated rings. The van der Waals surface area contributed by atoms with Gasteiger partial charge in [-0.3, -0.25) is 4.79 Å². The number of piperidine rings is 1. The Morgan fingerprint density at radius 3 is 2.50 bits per heavy atom. The number of carbonyl (C=O) groups is 1. The van der Waals surface area contributed by atoms with Crippen molar-refractivity contribution in [3.05, 3.63) is 35.4 Å². The van der Waals surface area contributed by atoms with Crippen LogP contribution in [0.5, 0.6) is 0 Å². The molecule has 7 heteroatoms. The average molecular weight is 317 g/mol. The molecule has 1 aromatic carbocycles. The van der Waals surface area contributed by atoms with Crippen molar-refractivity contribution >= 4 is 5.91 Å². The molecule has 0 bridgehead atoms. The van der Waals surface area contributed by atoms with Gasteiger partial charge in [-0.2, -0.15) is 13.2 Å². The van der Waals surface area contributed by atoms with Gasteiger partial charge in [-0.1, -0.05) is 6.07 Å². The molecule has 0 atom stereocenters. The van der Waals surface area contributed by atoms with Crippen LogP contribution in [0, 0.1) is 0 Å². The molecule has 0 aromatic heterocycles. The predicted molar refractivity (Wildman–Crippen MR) is 73.4 cm³/mol. The number of aliphatic hydroxyl groups excluding tert-OH is 1. The number of benzene rings is 1. The van der Waals surface area contributed by atoms with E-state index in [1.165, 1.54) is 24.1 Å². The van der Waals surface area contributed by atoms with Crippen molar-refractivity contribution in [3.63, 3.8) is 0 Å². The zero-order chi connectivity index (χ0) is 16.4. The number of methoxy groups -OCH3 is 1. The Balaban J connectivity index is 2.11. The number of hydrogen-bond acceptors (Lipinski definition) is 3. The van der Waals surface area contributed by atoms with Crippen LogP contribution in [-0.2, 0) is 10.9 Å². The summed E-state index contributed by atoms with van der Waals surface area (Å²) in [5, 5.41) is 9.36. The van der Waals surface area contributed by atoms with E-state index in [1.807, 2.05) is 0 Å². The highest BCUT2D eigenvalue weighted by molar-refractivity contribution is 5.94. The molecular formula is C15H18F3NO3. The summed E-state index contributed by atoms with van der Waals surface area (Å²) in [5.41, 5.74) is -1.48. The minimum atomic E-state index is -4.47. The maximum atomic E-state index is 12.7. The highest BCUT2D eigenvalue weighted by Crippen LogP contribution is 2.30. The van der Waals surface area contributed by atoms with Gasteiger partial charge in [0, 0.05) is 25.8 Å². The number of ether oxygens (including phenoxy) is 1. The quantitative estimate of drug-likeness (QED) is 0.931. The number of amides is 1. The van der Waals surface area contributed by atoms with Crippen molar-refractivity contribution in [1.29, 1.82) is 0 Å². The fraction of sp³-hybridized carbons (Fsp3) is 0.533. The first-order valence-electron chi connectivity index (χ1n) is 6.94. The van der Waals surface area contributed by atoms with E-state index >= 15 is 0 Å². The molecule has 1 heterocycles. The summed E-state index contributed by atoms with van der Waals surface area (Å²) in [5.74, 6) is -0.436. The van der Waals surface area contributed by atoms with E-state index in [4.69, 9.17) is 4.74 Å². The summed E-state index contributed by atoms with van der Waals surface area (Å²) in [6.07, 6.45) is -3.57. The number of likely N-dealkylation sites (tertiary alicyclic amines) is 1. The monoisotopic (exact) mass is 317 g/mol. The van der Waals surface area contributed by atoms with Crippen LogP contribution in [-0.4, -0.2) is 48.3 Å². The van der Waals surface area contributed by atoms with Gasteiger partial charge < -0.3 is 14.7 Å². The minimum Gasteiger partial charge on any atom is -0.393 e. The van der Waals surface area contributed by atoms with Crippen molar-refractivity contribution in [2.45, 2.75) is 24.6 Å². The molecule has 1 aromatic rings. The first kappa shape index (κ1) is 16.8. The molecule has 1 amide bonds. The molecule has 1 aliphatic heterocycles. The van der Waals surface area contributed by atoms with Crippen molar-refractivity contribution in [2.75, 3.05) is 26.8 Å². The van der Waals surface area contributed by atoms with E-state index in [1.54, 1.807) is 0 Å². The summed E-state index contributed by atoms with van der Waals surface area (Å²) >= 11 is 0. The smallest absolute Gasteiger partial charge is 0.393 e. The van der Waals surface area contributed by atoms with E-state index in [2.05, 4.69) is 0 Å². The second-order valence-corrected chi connectivity index (χ2v) is 5.42. The zero-order valence-corrected chi connectivity index (χ0v) is 12.2. The van der Waals surface area contributed by atoms with Gasteiger partial charge in [-0.15, -0.1) is 0 Å². The van der Waals surface area contributed by atoms with Gasteiger partial charge in [0.1, 0.15) is 0 Å². The molecule has 22 heavy (non-hydrogen) atoms. The first-order valence-corrected chi connectivity index (χ1v) is 6.94. The maximum Gasteiger partial charge on any atom is 0.416 e. The van der Waals surface area contributed by atoms with Gasteiger partial charge in [0.2, 0.25) is 0 Å². The lowest BCUT2D eigenvalue weighted by Crippen LogP contribution is -2.49. The van der Waals surface area contributed by atoms with Crippen molar-refractivity contribution in [2.24, 2.45) is 0 Å². The van der Waals surface area contributed by atoms with Gasteiger partial charge in [0.05, 0.1) is 17.8 Å². The Kier molecular flexibility index (Phi) is 4.77.